The van der Waals surface area contributed by atoms with E-state index in [4.69, 9.17) is 23.8 Å². The van der Waals surface area contributed by atoms with Crippen molar-refractivity contribution in [2.75, 3.05) is 0 Å². The molecular weight excluding hydrogens is 590 g/mol. The van der Waals surface area contributed by atoms with Gasteiger partial charge in [0.15, 0.2) is 17.5 Å². The van der Waals surface area contributed by atoms with Crippen molar-refractivity contribution < 1.29 is 8.83 Å². The smallest absolute Gasteiger partial charge is 0.167 e. The molecule has 3 heterocycles. The lowest BCUT2D eigenvalue weighted by molar-refractivity contribution is 0.668. The molecular formula is C43H25N3O2. The number of furan rings is 2. The summed E-state index contributed by atoms with van der Waals surface area (Å²) in [6.07, 6.45) is 0. The second kappa shape index (κ2) is 10.5. The molecule has 0 aliphatic rings. The van der Waals surface area contributed by atoms with Crippen LogP contribution >= 0.6 is 0 Å². The van der Waals surface area contributed by atoms with Crippen LogP contribution in [0.25, 0.3) is 99.9 Å². The van der Waals surface area contributed by atoms with Crippen LogP contribution in [0.15, 0.2) is 160 Å². The van der Waals surface area contributed by atoms with Crippen molar-refractivity contribution in [1.82, 2.24) is 15.0 Å². The number of para-hydroxylation sites is 2. The summed E-state index contributed by atoms with van der Waals surface area (Å²) in [6.45, 7) is 0. The van der Waals surface area contributed by atoms with E-state index in [0.717, 1.165) is 82.5 Å². The first kappa shape index (κ1) is 26.6. The lowest BCUT2D eigenvalue weighted by atomic mass is 10.0. The zero-order valence-corrected chi connectivity index (χ0v) is 25.6. The molecule has 0 amide bonds. The molecule has 10 rings (SSSR count). The molecule has 7 aromatic carbocycles. The summed E-state index contributed by atoms with van der Waals surface area (Å²) in [5.41, 5.74) is 8.02. The Morgan fingerprint density at radius 3 is 1.94 bits per heavy atom. The minimum Gasteiger partial charge on any atom is -0.456 e. The first-order chi connectivity index (χ1) is 23.8. The highest BCUT2D eigenvalue weighted by molar-refractivity contribution is 6.13. The highest BCUT2D eigenvalue weighted by atomic mass is 16.3. The summed E-state index contributed by atoms with van der Waals surface area (Å²) in [5.74, 6) is 1.70. The van der Waals surface area contributed by atoms with Gasteiger partial charge in [-0.25, -0.2) is 15.0 Å². The van der Waals surface area contributed by atoms with Gasteiger partial charge in [0.1, 0.15) is 22.3 Å². The van der Waals surface area contributed by atoms with E-state index in [0.29, 0.717) is 17.5 Å². The summed E-state index contributed by atoms with van der Waals surface area (Å²) in [5, 5.41) is 6.33. The Bertz CT molecular complexity index is 2850. The van der Waals surface area contributed by atoms with Crippen LogP contribution in [-0.2, 0) is 0 Å². The van der Waals surface area contributed by atoms with Crippen LogP contribution in [0.3, 0.4) is 0 Å². The lowest BCUT2D eigenvalue weighted by Crippen LogP contribution is -2.00. The second-order valence-electron chi connectivity index (χ2n) is 12.0. The van der Waals surface area contributed by atoms with Crippen molar-refractivity contribution in [3.63, 3.8) is 0 Å². The third-order valence-electron chi connectivity index (χ3n) is 9.13. The molecule has 5 nitrogen and oxygen atoms in total. The predicted molar refractivity (Wildman–Crippen MR) is 194 cm³/mol. The van der Waals surface area contributed by atoms with Gasteiger partial charge in [-0.1, -0.05) is 115 Å². The molecule has 224 valence electrons. The predicted octanol–water partition coefficient (Wildman–Crippen LogP) is 11.5. The number of benzene rings is 7. The average molecular weight is 616 g/mol. The van der Waals surface area contributed by atoms with Gasteiger partial charge in [0.2, 0.25) is 0 Å². The van der Waals surface area contributed by atoms with Gasteiger partial charge in [-0.3, -0.25) is 0 Å². The first-order valence-corrected chi connectivity index (χ1v) is 15.9. The van der Waals surface area contributed by atoms with Gasteiger partial charge in [0.25, 0.3) is 0 Å². The Morgan fingerprint density at radius 1 is 0.354 bits per heavy atom. The molecule has 0 bridgehead atoms. The Hall–Kier alpha value is -6.59. The van der Waals surface area contributed by atoms with Crippen molar-refractivity contribution in [2.24, 2.45) is 0 Å². The molecule has 0 unspecified atom stereocenters. The maximum atomic E-state index is 6.44. The van der Waals surface area contributed by atoms with Gasteiger partial charge in [-0.2, -0.15) is 0 Å². The summed E-state index contributed by atoms with van der Waals surface area (Å²) in [7, 11) is 0. The Morgan fingerprint density at radius 2 is 1.02 bits per heavy atom. The van der Waals surface area contributed by atoms with Crippen molar-refractivity contribution in [1.29, 1.82) is 0 Å². The molecule has 0 saturated carbocycles. The van der Waals surface area contributed by atoms with Gasteiger partial charge in [-0.15, -0.1) is 0 Å². The Kier molecular flexibility index (Phi) is 5.81. The van der Waals surface area contributed by atoms with Crippen LogP contribution in [0.1, 0.15) is 0 Å². The molecule has 5 heteroatoms. The fourth-order valence-electron chi connectivity index (χ4n) is 6.82. The molecule has 0 fully saturated rings. The average Bonchev–Trinajstić information content (AvgIpc) is 3.73. The molecule has 0 saturated heterocycles. The van der Waals surface area contributed by atoms with Crippen LogP contribution in [-0.4, -0.2) is 15.0 Å². The Balaban J connectivity index is 1.25. The molecule has 0 aliphatic heterocycles. The van der Waals surface area contributed by atoms with Crippen LogP contribution in [0.2, 0.25) is 0 Å². The SMILES string of the molecule is c1ccc(-c2ccc3oc4cccc(-c5nc(-c6ccc7ccccc7c6)nc(-c6cccc7c6oc6ccccc67)n5)c4c3c2)cc1. The largest absolute Gasteiger partial charge is 0.456 e. The van der Waals surface area contributed by atoms with Crippen molar-refractivity contribution in [3.05, 3.63) is 152 Å². The minimum atomic E-state index is 0.544. The maximum Gasteiger partial charge on any atom is 0.167 e. The number of hydrogen-bond donors (Lipinski definition) is 0. The highest BCUT2D eigenvalue weighted by Crippen LogP contribution is 2.40. The molecule has 0 aliphatic carbocycles. The first-order valence-electron chi connectivity index (χ1n) is 15.9. The van der Waals surface area contributed by atoms with Gasteiger partial charge in [0.05, 0.1) is 5.56 Å². The van der Waals surface area contributed by atoms with E-state index in [1.165, 1.54) is 0 Å². The molecule has 10 aromatic rings. The zero-order valence-electron chi connectivity index (χ0n) is 25.6. The molecule has 0 N–H and O–H groups in total. The van der Waals surface area contributed by atoms with E-state index in [2.05, 4.69) is 84.9 Å². The second-order valence-corrected chi connectivity index (χ2v) is 12.0. The van der Waals surface area contributed by atoms with Gasteiger partial charge >= 0.3 is 0 Å². The van der Waals surface area contributed by atoms with E-state index in [-0.39, 0.29) is 0 Å². The number of nitrogens with zero attached hydrogens (tertiary/aromatic N) is 3. The number of hydrogen-bond acceptors (Lipinski definition) is 5. The van der Waals surface area contributed by atoms with Crippen molar-refractivity contribution >= 4 is 54.6 Å². The summed E-state index contributed by atoms with van der Waals surface area (Å²) < 4.78 is 12.8. The monoisotopic (exact) mass is 615 g/mol. The zero-order chi connectivity index (χ0) is 31.6. The highest BCUT2D eigenvalue weighted by Gasteiger charge is 2.20. The van der Waals surface area contributed by atoms with E-state index in [1.54, 1.807) is 0 Å². The molecule has 48 heavy (non-hydrogen) atoms. The third kappa shape index (κ3) is 4.22. The van der Waals surface area contributed by atoms with Crippen LogP contribution in [0.5, 0.6) is 0 Å². The molecule has 0 atom stereocenters. The fourth-order valence-corrected chi connectivity index (χ4v) is 6.82. The third-order valence-corrected chi connectivity index (χ3v) is 9.13. The van der Waals surface area contributed by atoms with E-state index in [9.17, 15) is 0 Å². The van der Waals surface area contributed by atoms with Crippen molar-refractivity contribution in [2.45, 2.75) is 0 Å². The maximum absolute atomic E-state index is 6.44. The normalized spacial score (nSPS) is 11.8. The van der Waals surface area contributed by atoms with Gasteiger partial charge in [-0.05, 0) is 58.3 Å². The van der Waals surface area contributed by atoms with Crippen LogP contribution in [0.4, 0.5) is 0 Å². The van der Waals surface area contributed by atoms with Gasteiger partial charge in [0, 0.05) is 32.7 Å². The van der Waals surface area contributed by atoms with E-state index < -0.39 is 0 Å². The fraction of sp³-hybridized carbons (Fsp3) is 0. The lowest BCUT2D eigenvalue weighted by Gasteiger charge is -2.10. The van der Waals surface area contributed by atoms with E-state index in [1.807, 2.05) is 66.7 Å². The topological polar surface area (TPSA) is 65.0 Å². The van der Waals surface area contributed by atoms with Gasteiger partial charge < -0.3 is 8.83 Å². The Labute approximate surface area is 274 Å². The van der Waals surface area contributed by atoms with Crippen molar-refractivity contribution in [3.8, 4) is 45.3 Å². The molecule has 0 radical (unpaired) electrons. The quantitative estimate of drug-likeness (QED) is 0.197. The summed E-state index contributed by atoms with van der Waals surface area (Å²) >= 11 is 0. The minimum absolute atomic E-state index is 0.544. The summed E-state index contributed by atoms with van der Waals surface area (Å²) in [6, 6.07) is 51.7. The molecule has 0 spiro atoms. The summed E-state index contributed by atoms with van der Waals surface area (Å²) in [4.78, 5) is 15.4. The number of aromatic nitrogens is 3. The molecule has 3 aromatic heterocycles. The van der Waals surface area contributed by atoms with E-state index >= 15 is 0 Å². The van der Waals surface area contributed by atoms with Crippen LogP contribution < -0.4 is 0 Å². The standard InChI is InChI=1S/C43H25N3O2/c1-2-10-26(11-3-1)29-22-23-37-35(25-29)39-33(16-9-19-38(39)47-37)42-44-41(30-21-20-27-12-4-5-13-28(27)24-30)45-43(46-42)34-17-8-15-32-31-14-6-7-18-36(31)48-40(32)34/h1-25H. The number of fused-ring (bicyclic) bond motifs is 7. The van der Waals surface area contributed by atoms with Crippen LogP contribution in [0, 0.1) is 0 Å². The number of rotatable bonds is 4.